The molecule has 0 saturated carbocycles. The lowest BCUT2D eigenvalue weighted by Gasteiger charge is -2.15. The molecule has 0 aliphatic heterocycles. The molecule has 0 heterocycles. The SMILES string of the molecule is CCOc1ccccc1NC(=O)C(=O)Nc1cc(OC)c(OC)c(OC)c1. The van der Waals surface area contributed by atoms with Gasteiger partial charge in [-0.05, 0) is 19.1 Å². The number of para-hydroxylation sites is 2. The summed E-state index contributed by atoms with van der Waals surface area (Å²) in [5.41, 5.74) is 0.729. The Morgan fingerprint density at radius 1 is 0.852 bits per heavy atom. The third-order valence-corrected chi connectivity index (χ3v) is 3.56. The molecule has 8 nitrogen and oxygen atoms in total. The van der Waals surface area contributed by atoms with Crippen LogP contribution < -0.4 is 29.6 Å². The number of methoxy groups -OCH3 is 3. The highest BCUT2D eigenvalue weighted by atomic mass is 16.5. The number of hydrogen-bond acceptors (Lipinski definition) is 6. The minimum Gasteiger partial charge on any atom is -0.493 e. The minimum atomic E-state index is -0.851. The molecule has 2 N–H and O–H groups in total. The van der Waals surface area contributed by atoms with E-state index in [0.717, 1.165) is 0 Å². The maximum atomic E-state index is 12.3. The largest absolute Gasteiger partial charge is 0.493 e. The van der Waals surface area contributed by atoms with E-state index in [2.05, 4.69) is 10.6 Å². The molecule has 2 amide bonds. The van der Waals surface area contributed by atoms with Gasteiger partial charge in [0.1, 0.15) is 5.75 Å². The first-order valence-corrected chi connectivity index (χ1v) is 8.18. The van der Waals surface area contributed by atoms with Gasteiger partial charge in [0.15, 0.2) is 11.5 Å². The van der Waals surface area contributed by atoms with Crippen LogP contribution in [0.4, 0.5) is 11.4 Å². The van der Waals surface area contributed by atoms with E-state index in [9.17, 15) is 9.59 Å². The molecule has 2 aromatic carbocycles. The Morgan fingerprint density at radius 2 is 1.44 bits per heavy atom. The summed E-state index contributed by atoms with van der Waals surface area (Å²) in [4.78, 5) is 24.5. The van der Waals surface area contributed by atoms with Crippen LogP contribution in [0.25, 0.3) is 0 Å². The lowest BCUT2D eigenvalue weighted by molar-refractivity contribution is -0.133. The van der Waals surface area contributed by atoms with E-state index >= 15 is 0 Å². The van der Waals surface area contributed by atoms with Gasteiger partial charge in [0.25, 0.3) is 0 Å². The first-order chi connectivity index (χ1) is 13.0. The lowest BCUT2D eigenvalue weighted by atomic mass is 10.2. The summed E-state index contributed by atoms with van der Waals surface area (Å²) < 4.78 is 21.1. The molecule has 0 aromatic heterocycles. The molecule has 8 heteroatoms. The molecule has 0 bridgehead atoms. The molecule has 2 rings (SSSR count). The number of amides is 2. The monoisotopic (exact) mass is 374 g/mol. The van der Waals surface area contributed by atoms with E-state index in [1.54, 1.807) is 24.3 Å². The fourth-order valence-electron chi connectivity index (χ4n) is 2.37. The normalized spacial score (nSPS) is 9.93. The molecule has 0 atom stereocenters. The van der Waals surface area contributed by atoms with Crippen LogP contribution in [-0.4, -0.2) is 39.8 Å². The summed E-state index contributed by atoms with van der Waals surface area (Å²) in [6.45, 7) is 2.26. The summed E-state index contributed by atoms with van der Waals surface area (Å²) >= 11 is 0. The van der Waals surface area contributed by atoms with E-state index in [1.807, 2.05) is 6.92 Å². The predicted octanol–water partition coefficient (Wildman–Crippen LogP) is 2.69. The Morgan fingerprint density at radius 3 is 2.00 bits per heavy atom. The topological polar surface area (TPSA) is 95.1 Å². The molecule has 0 aliphatic rings. The molecule has 0 aliphatic carbocycles. The standard InChI is InChI=1S/C19H22N2O6/c1-5-27-14-9-7-6-8-13(14)21-19(23)18(22)20-12-10-15(24-2)17(26-4)16(11-12)25-3/h6-11H,5H2,1-4H3,(H,20,22)(H,21,23). The number of anilines is 2. The van der Waals surface area contributed by atoms with Gasteiger partial charge in [-0.15, -0.1) is 0 Å². The Hall–Kier alpha value is -3.42. The number of ether oxygens (including phenoxy) is 4. The predicted molar refractivity (Wildman–Crippen MR) is 101 cm³/mol. The van der Waals surface area contributed by atoms with E-state index < -0.39 is 11.8 Å². The van der Waals surface area contributed by atoms with Crippen LogP contribution in [0.5, 0.6) is 23.0 Å². The van der Waals surface area contributed by atoms with Gasteiger partial charge in [-0.25, -0.2) is 0 Å². The number of hydrogen-bond donors (Lipinski definition) is 2. The average molecular weight is 374 g/mol. The molecule has 0 saturated heterocycles. The summed E-state index contributed by atoms with van der Waals surface area (Å²) in [5.74, 6) is -0.114. The maximum absolute atomic E-state index is 12.3. The maximum Gasteiger partial charge on any atom is 0.314 e. The minimum absolute atomic E-state index is 0.322. The van der Waals surface area contributed by atoms with Crippen LogP contribution >= 0.6 is 0 Å². The van der Waals surface area contributed by atoms with Crippen molar-refractivity contribution in [3.63, 3.8) is 0 Å². The lowest BCUT2D eigenvalue weighted by Crippen LogP contribution is -2.29. The zero-order valence-corrected chi connectivity index (χ0v) is 15.6. The van der Waals surface area contributed by atoms with Gasteiger partial charge in [-0.2, -0.15) is 0 Å². The third-order valence-electron chi connectivity index (χ3n) is 3.56. The van der Waals surface area contributed by atoms with Crippen molar-refractivity contribution in [1.29, 1.82) is 0 Å². The fourth-order valence-corrected chi connectivity index (χ4v) is 2.37. The summed E-state index contributed by atoms with van der Waals surface area (Å²) in [5, 5.41) is 5.04. The number of benzene rings is 2. The van der Waals surface area contributed by atoms with Crippen molar-refractivity contribution < 1.29 is 28.5 Å². The molecule has 0 radical (unpaired) electrons. The van der Waals surface area contributed by atoms with E-state index in [-0.39, 0.29) is 0 Å². The molecular formula is C19H22N2O6. The highest BCUT2D eigenvalue weighted by Gasteiger charge is 2.19. The summed E-state index contributed by atoms with van der Waals surface area (Å²) in [6.07, 6.45) is 0. The van der Waals surface area contributed by atoms with Crippen molar-refractivity contribution in [2.24, 2.45) is 0 Å². The van der Waals surface area contributed by atoms with Gasteiger partial charge < -0.3 is 29.6 Å². The Labute approximate surface area is 157 Å². The van der Waals surface area contributed by atoms with Crippen LogP contribution in [0.2, 0.25) is 0 Å². The van der Waals surface area contributed by atoms with Gasteiger partial charge in [-0.3, -0.25) is 9.59 Å². The molecule has 0 spiro atoms. The Bertz CT molecular complexity index is 797. The molecule has 0 fully saturated rings. The molecular weight excluding hydrogens is 352 g/mol. The number of carbonyl (C=O) groups excluding carboxylic acids is 2. The second kappa shape index (κ2) is 9.33. The molecule has 27 heavy (non-hydrogen) atoms. The van der Waals surface area contributed by atoms with Gasteiger partial charge in [0, 0.05) is 17.8 Å². The molecule has 0 unspecified atom stereocenters. The quantitative estimate of drug-likeness (QED) is 0.724. The van der Waals surface area contributed by atoms with E-state index in [1.165, 1.54) is 33.5 Å². The zero-order chi connectivity index (χ0) is 19.8. The van der Waals surface area contributed by atoms with Crippen molar-refractivity contribution in [1.82, 2.24) is 0 Å². The second-order valence-electron chi connectivity index (χ2n) is 5.25. The zero-order valence-electron chi connectivity index (χ0n) is 15.6. The van der Waals surface area contributed by atoms with E-state index in [0.29, 0.717) is 41.0 Å². The smallest absolute Gasteiger partial charge is 0.314 e. The van der Waals surface area contributed by atoms with Crippen molar-refractivity contribution >= 4 is 23.2 Å². The molecule has 2 aromatic rings. The van der Waals surface area contributed by atoms with Crippen molar-refractivity contribution in [2.75, 3.05) is 38.6 Å². The van der Waals surface area contributed by atoms with E-state index in [4.69, 9.17) is 18.9 Å². The van der Waals surface area contributed by atoms with Crippen molar-refractivity contribution in [3.05, 3.63) is 36.4 Å². The van der Waals surface area contributed by atoms with Crippen LogP contribution in [-0.2, 0) is 9.59 Å². The van der Waals surface area contributed by atoms with Crippen molar-refractivity contribution in [3.8, 4) is 23.0 Å². The summed E-state index contributed by atoms with van der Waals surface area (Å²) in [7, 11) is 4.39. The highest BCUT2D eigenvalue weighted by molar-refractivity contribution is 6.43. The van der Waals surface area contributed by atoms with Crippen LogP contribution in [0, 0.1) is 0 Å². The third kappa shape index (κ3) is 4.81. The number of carbonyl (C=O) groups is 2. The van der Waals surface area contributed by atoms with Crippen LogP contribution in [0.15, 0.2) is 36.4 Å². The first kappa shape index (κ1) is 19.9. The fraction of sp³-hybridized carbons (Fsp3) is 0.263. The van der Waals surface area contributed by atoms with Gasteiger partial charge in [0.05, 0.1) is 33.6 Å². The van der Waals surface area contributed by atoms with Crippen LogP contribution in [0.1, 0.15) is 6.92 Å². The molecule has 144 valence electrons. The first-order valence-electron chi connectivity index (χ1n) is 8.18. The Balaban J connectivity index is 2.16. The summed E-state index contributed by atoms with van der Waals surface area (Å²) in [6, 6.07) is 9.92. The van der Waals surface area contributed by atoms with Crippen molar-refractivity contribution in [2.45, 2.75) is 6.92 Å². The second-order valence-corrected chi connectivity index (χ2v) is 5.25. The van der Waals surface area contributed by atoms with Gasteiger partial charge in [-0.1, -0.05) is 12.1 Å². The Kier molecular flexibility index (Phi) is 6.87. The van der Waals surface area contributed by atoms with Crippen LogP contribution in [0.3, 0.4) is 0 Å². The average Bonchev–Trinajstić information content (AvgIpc) is 2.68. The van der Waals surface area contributed by atoms with Gasteiger partial charge in [0.2, 0.25) is 5.75 Å². The highest BCUT2D eigenvalue weighted by Crippen LogP contribution is 2.39. The van der Waals surface area contributed by atoms with Gasteiger partial charge >= 0.3 is 11.8 Å². The number of nitrogens with one attached hydrogen (secondary N) is 2. The number of rotatable bonds is 7.